The van der Waals surface area contributed by atoms with Crippen LogP contribution < -0.4 is 9.62 Å². The van der Waals surface area contributed by atoms with Crippen LogP contribution in [0.2, 0.25) is 5.02 Å². The number of likely N-dealkylation sites (N-methyl/N-ethyl adjacent to an activating group) is 1. The van der Waals surface area contributed by atoms with E-state index in [2.05, 4.69) is 5.32 Å². The van der Waals surface area contributed by atoms with Crippen molar-refractivity contribution in [2.45, 2.75) is 37.8 Å². The molecule has 0 aliphatic carbocycles. The fourth-order valence-corrected chi connectivity index (χ4v) is 5.47. The molecule has 0 spiro atoms. The minimum atomic E-state index is -4.08. The van der Waals surface area contributed by atoms with E-state index < -0.39 is 28.5 Å². The highest BCUT2D eigenvalue weighted by atomic mass is 35.5. The lowest BCUT2D eigenvalue weighted by Gasteiger charge is -2.33. The van der Waals surface area contributed by atoms with Gasteiger partial charge in [-0.2, -0.15) is 0 Å². The van der Waals surface area contributed by atoms with Gasteiger partial charge >= 0.3 is 0 Å². The summed E-state index contributed by atoms with van der Waals surface area (Å²) in [4.78, 5) is 28.0. The molecule has 9 heteroatoms. The van der Waals surface area contributed by atoms with Gasteiger partial charge in [-0.05, 0) is 49.2 Å². The number of hydrogen-bond acceptors (Lipinski definition) is 4. The predicted molar refractivity (Wildman–Crippen MR) is 142 cm³/mol. The van der Waals surface area contributed by atoms with Gasteiger partial charge in [0.2, 0.25) is 11.8 Å². The first-order valence-corrected chi connectivity index (χ1v) is 13.4. The summed E-state index contributed by atoms with van der Waals surface area (Å²) < 4.78 is 28.5. The molecule has 3 rings (SSSR count). The lowest BCUT2D eigenvalue weighted by molar-refractivity contribution is -0.140. The maximum absolute atomic E-state index is 13.8. The number of amides is 2. The summed E-state index contributed by atoms with van der Waals surface area (Å²) in [5.41, 5.74) is 1.92. The summed E-state index contributed by atoms with van der Waals surface area (Å²) in [6.45, 7) is 3.23. The van der Waals surface area contributed by atoms with E-state index in [1.54, 1.807) is 73.7 Å². The predicted octanol–water partition coefficient (Wildman–Crippen LogP) is 4.40. The van der Waals surface area contributed by atoms with Crippen molar-refractivity contribution in [3.8, 4) is 0 Å². The first-order chi connectivity index (χ1) is 17.2. The molecule has 0 radical (unpaired) electrons. The second-order valence-corrected chi connectivity index (χ2v) is 10.6. The third-order valence-corrected chi connectivity index (χ3v) is 8.02. The molecule has 3 aromatic rings. The third kappa shape index (κ3) is 6.25. The van der Waals surface area contributed by atoms with E-state index in [0.29, 0.717) is 22.7 Å². The van der Waals surface area contributed by atoms with E-state index in [0.717, 1.165) is 9.87 Å². The van der Waals surface area contributed by atoms with E-state index in [-0.39, 0.29) is 17.3 Å². The molecule has 2 amide bonds. The summed E-state index contributed by atoms with van der Waals surface area (Å²) in [5.74, 6) is -0.865. The standard InChI is InChI=1S/C27H30ClN3O4S/c1-4-25(27(33)29-3)30(18-21-10-8-9-13-24(21)28)26(32)19-31(22-11-6-5-7-12-22)36(34,35)23-16-14-20(2)15-17-23/h5-17,25H,4,18-19H2,1-3H3,(H,29,33)/t25-/m0/s1. The van der Waals surface area contributed by atoms with Gasteiger partial charge in [-0.1, -0.05) is 72.6 Å². The van der Waals surface area contributed by atoms with Crippen molar-refractivity contribution in [1.29, 1.82) is 0 Å². The molecular weight excluding hydrogens is 498 g/mol. The zero-order chi connectivity index (χ0) is 26.3. The molecule has 0 aromatic heterocycles. The van der Waals surface area contributed by atoms with E-state index in [1.807, 2.05) is 6.92 Å². The number of carbonyl (C=O) groups excluding carboxylic acids is 2. The molecule has 0 heterocycles. The Labute approximate surface area is 217 Å². The molecule has 0 aliphatic heterocycles. The van der Waals surface area contributed by atoms with Crippen LogP contribution in [0.3, 0.4) is 0 Å². The van der Waals surface area contributed by atoms with Gasteiger partial charge in [-0.3, -0.25) is 13.9 Å². The molecule has 0 saturated heterocycles. The van der Waals surface area contributed by atoms with Gasteiger partial charge in [0.1, 0.15) is 12.6 Å². The quantitative estimate of drug-likeness (QED) is 0.423. The maximum Gasteiger partial charge on any atom is 0.264 e. The minimum Gasteiger partial charge on any atom is -0.357 e. The number of para-hydroxylation sites is 1. The van der Waals surface area contributed by atoms with Crippen LogP contribution in [0.25, 0.3) is 0 Å². The van der Waals surface area contributed by atoms with Crippen LogP contribution in [0.5, 0.6) is 0 Å². The number of halogens is 1. The van der Waals surface area contributed by atoms with Crippen LogP contribution in [0.15, 0.2) is 83.8 Å². The number of nitrogens with zero attached hydrogens (tertiary/aromatic N) is 2. The maximum atomic E-state index is 13.8. The second-order valence-electron chi connectivity index (χ2n) is 8.31. The molecule has 36 heavy (non-hydrogen) atoms. The van der Waals surface area contributed by atoms with Crippen LogP contribution in [0, 0.1) is 6.92 Å². The molecule has 0 aliphatic rings. The third-order valence-electron chi connectivity index (χ3n) is 5.86. The smallest absolute Gasteiger partial charge is 0.264 e. The summed E-state index contributed by atoms with van der Waals surface area (Å²) in [7, 11) is -2.58. The number of carbonyl (C=O) groups is 2. The zero-order valence-electron chi connectivity index (χ0n) is 20.5. The number of rotatable bonds is 10. The largest absolute Gasteiger partial charge is 0.357 e. The molecule has 0 saturated carbocycles. The molecule has 7 nitrogen and oxygen atoms in total. The topological polar surface area (TPSA) is 86.8 Å². The molecule has 1 atom stereocenters. The van der Waals surface area contributed by atoms with Crippen molar-refractivity contribution in [1.82, 2.24) is 10.2 Å². The second kappa shape index (κ2) is 12.1. The highest BCUT2D eigenvalue weighted by Crippen LogP contribution is 2.25. The lowest BCUT2D eigenvalue weighted by atomic mass is 10.1. The Bertz CT molecular complexity index is 1300. The summed E-state index contributed by atoms with van der Waals surface area (Å²) in [5, 5.41) is 3.05. The number of benzene rings is 3. The Morgan fingerprint density at radius 3 is 2.14 bits per heavy atom. The van der Waals surface area contributed by atoms with Crippen LogP contribution in [0.4, 0.5) is 5.69 Å². The molecule has 3 aromatic carbocycles. The van der Waals surface area contributed by atoms with Gasteiger partial charge < -0.3 is 10.2 Å². The van der Waals surface area contributed by atoms with Crippen molar-refractivity contribution in [2.75, 3.05) is 17.9 Å². The number of aryl methyl sites for hydroxylation is 1. The van der Waals surface area contributed by atoms with Crippen molar-refractivity contribution < 1.29 is 18.0 Å². The van der Waals surface area contributed by atoms with Gasteiger partial charge in [0, 0.05) is 18.6 Å². The average molecular weight is 528 g/mol. The van der Waals surface area contributed by atoms with Gasteiger partial charge in [-0.25, -0.2) is 8.42 Å². The van der Waals surface area contributed by atoms with Crippen LogP contribution in [-0.4, -0.2) is 44.8 Å². The average Bonchev–Trinajstić information content (AvgIpc) is 2.88. The van der Waals surface area contributed by atoms with Gasteiger partial charge in [0.15, 0.2) is 0 Å². The Morgan fingerprint density at radius 2 is 1.56 bits per heavy atom. The van der Waals surface area contributed by atoms with Crippen LogP contribution in [0.1, 0.15) is 24.5 Å². The highest BCUT2D eigenvalue weighted by Gasteiger charge is 2.33. The van der Waals surface area contributed by atoms with E-state index in [1.165, 1.54) is 24.1 Å². The zero-order valence-corrected chi connectivity index (χ0v) is 22.1. The fourth-order valence-electron chi connectivity index (χ4n) is 3.86. The Kier molecular flexibility index (Phi) is 9.12. The van der Waals surface area contributed by atoms with Crippen LogP contribution >= 0.6 is 11.6 Å². The number of nitrogens with one attached hydrogen (secondary N) is 1. The summed E-state index contributed by atoms with van der Waals surface area (Å²) >= 11 is 6.36. The number of hydrogen-bond donors (Lipinski definition) is 1. The lowest BCUT2D eigenvalue weighted by Crippen LogP contribution is -2.51. The fraction of sp³-hybridized carbons (Fsp3) is 0.259. The van der Waals surface area contributed by atoms with Crippen molar-refractivity contribution >= 4 is 39.1 Å². The molecular formula is C27H30ClN3O4S. The van der Waals surface area contributed by atoms with Crippen LogP contribution in [-0.2, 0) is 26.2 Å². The van der Waals surface area contributed by atoms with E-state index >= 15 is 0 Å². The van der Waals surface area contributed by atoms with E-state index in [9.17, 15) is 18.0 Å². The Morgan fingerprint density at radius 1 is 0.944 bits per heavy atom. The summed E-state index contributed by atoms with van der Waals surface area (Å²) in [6, 6.07) is 21.1. The Hall–Kier alpha value is -3.36. The molecule has 190 valence electrons. The molecule has 0 bridgehead atoms. The number of sulfonamides is 1. The first kappa shape index (κ1) is 27.2. The number of anilines is 1. The summed E-state index contributed by atoms with van der Waals surface area (Å²) in [6.07, 6.45) is 0.339. The van der Waals surface area contributed by atoms with Gasteiger partial charge in [0.05, 0.1) is 10.6 Å². The van der Waals surface area contributed by atoms with E-state index in [4.69, 9.17) is 11.6 Å². The van der Waals surface area contributed by atoms with Gasteiger partial charge in [-0.15, -0.1) is 0 Å². The van der Waals surface area contributed by atoms with Crippen molar-refractivity contribution in [2.24, 2.45) is 0 Å². The van der Waals surface area contributed by atoms with Gasteiger partial charge in [0.25, 0.3) is 10.0 Å². The SMILES string of the molecule is CC[C@@H](C(=O)NC)N(Cc1ccccc1Cl)C(=O)CN(c1ccccc1)S(=O)(=O)c1ccc(C)cc1. The van der Waals surface area contributed by atoms with Crippen molar-refractivity contribution in [3.05, 3.63) is 95.0 Å². The highest BCUT2D eigenvalue weighted by molar-refractivity contribution is 7.92. The minimum absolute atomic E-state index is 0.0532. The first-order valence-electron chi connectivity index (χ1n) is 11.6. The monoisotopic (exact) mass is 527 g/mol. The normalized spacial score (nSPS) is 12.0. The molecule has 1 N–H and O–H groups in total. The van der Waals surface area contributed by atoms with Crippen molar-refractivity contribution in [3.63, 3.8) is 0 Å². The Balaban J connectivity index is 2.04. The molecule has 0 unspecified atom stereocenters. The molecule has 0 fully saturated rings.